The van der Waals surface area contributed by atoms with Crippen LogP contribution >= 0.6 is 0 Å². The van der Waals surface area contributed by atoms with Crippen molar-refractivity contribution in [1.29, 1.82) is 0 Å². The highest BCUT2D eigenvalue weighted by Gasteiger charge is 2.32. The van der Waals surface area contributed by atoms with Crippen LogP contribution in [0.5, 0.6) is 5.75 Å². The second-order valence-corrected chi connectivity index (χ2v) is 8.77. The number of aryl methyl sites for hydroxylation is 1. The molecule has 0 aliphatic carbocycles. The van der Waals surface area contributed by atoms with Gasteiger partial charge in [-0.1, -0.05) is 12.1 Å². The van der Waals surface area contributed by atoms with E-state index in [2.05, 4.69) is 10.1 Å². The molecule has 0 saturated heterocycles. The molecule has 1 aromatic carbocycles. The van der Waals surface area contributed by atoms with Crippen molar-refractivity contribution in [2.75, 3.05) is 6.54 Å². The fourth-order valence-electron chi connectivity index (χ4n) is 4.56. The molecule has 0 atom stereocenters. The van der Waals surface area contributed by atoms with Gasteiger partial charge in [0.15, 0.2) is 0 Å². The Morgan fingerprint density at radius 1 is 1.16 bits per heavy atom. The highest BCUT2D eigenvalue weighted by Crippen LogP contribution is 2.31. The van der Waals surface area contributed by atoms with E-state index in [1.54, 1.807) is 6.07 Å². The average molecular weight is 513 g/mol. The summed E-state index contributed by atoms with van der Waals surface area (Å²) in [5, 5.41) is 14.6. The van der Waals surface area contributed by atoms with Crippen molar-refractivity contribution >= 4 is 17.0 Å². The molecule has 4 aromatic rings. The molecule has 192 valence electrons. The van der Waals surface area contributed by atoms with E-state index in [9.17, 15) is 27.9 Å². The van der Waals surface area contributed by atoms with E-state index in [0.717, 1.165) is 47.3 Å². The number of hydrogen-bond donors (Lipinski definition) is 1. The molecular formula is C25H22F3N5O4. The van der Waals surface area contributed by atoms with Gasteiger partial charge in [0.05, 0.1) is 23.9 Å². The SMILES string of the molecule is Cn1c2c(c3ccc(-n4ncc(OCc5ccc(C(F)(F)F)nc5)cc4=O)cc31)CN(C(=O)O)CCC2. The number of ether oxygens (including phenoxy) is 1. The van der Waals surface area contributed by atoms with Crippen molar-refractivity contribution in [3.8, 4) is 11.4 Å². The van der Waals surface area contributed by atoms with E-state index in [0.29, 0.717) is 24.3 Å². The van der Waals surface area contributed by atoms with Crippen LogP contribution in [-0.4, -0.2) is 42.0 Å². The molecule has 1 aliphatic rings. The van der Waals surface area contributed by atoms with Crippen LogP contribution in [0.15, 0.2) is 53.6 Å². The Labute approximate surface area is 208 Å². The normalized spacial score (nSPS) is 13.9. The zero-order valence-electron chi connectivity index (χ0n) is 19.7. The summed E-state index contributed by atoms with van der Waals surface area (Å²) in [6.07, 6.45) is -1.57. The van der Waals surface area contributed by atoms with Gasteiger partial charge in [0.2, 0.25) is 0 Å². The molecule has 5 rings (SSSR count). The summed E-state index contributed by atoms with van der Waals surface area (Å²) in [5.74, 6) is 0.168. The second kappa shape index (κ2) is 9.26. The summed E-state index contributed by atoms with van der Waals surface area (Å²) in [4.78, 5) is 29.1. The number of aromatic nitrogens is 4. The molecule has 1 amide bonds. The zero-order valence-corrected chi connectivity index (χ0v) is 19.7. The maximum absolute atomic E-state index is 12.8. The molecule has 12 heteroatoms. The predicted octanol–water partition coefficient (Wildman–Crippen LogP) is 4.14. The third-order valence-electron chi connectivity index (χ3n) is 6.42. The minimum atomic E-state index is -4.52. The average Bonchev–Trinajstić information content (AvgIpc) is 3.00. The van der Waals surface area contributed by atoms with Gasteiger partial charge in [-0.3, -0.25) is 9.78 Å². The lowest BCUT2D eigenvalue weighted by Crippen LogP contribution is -2.28. The number of fused-ring (bicyclic) bond motifs is 3. The van der Waals surface area contributed by atoms with Gasteiger partial charge in [-0.05, 0) is 31.0 Å². The van der Waals surface area contributed by atoms with Gasteiger partial charge in [0, 0.05) is 48.1 Å². The van der Waals surface area contributed by atoms with E-state index in [4.69, 9.17) is 4.74 Å². The van der Waals surface area contributed by atoms with Crippen LogP contribution in [0.25, 0.3) is 16.6 Å². The largest absolute Gasteiger partial charge is 0.487 e. The first kappa shape index (κ1) is 24.3. The van der Waals surface area contributed by atoms with Crippen LogP contribution in [0.1, 0.15) is 28.9 Å². The van der Waals surface area contributed by atoms with Crippen LogP contribution in [0, 0.1) is 0 Å². The first-order valence-electron chi connectivity index (χ1n) is 11.4. The van der Waals surface area contributed by atoms with Gasteiger partial charge in [-0.25, -0.2) is 4.79 Å². The lowest BCUT2D eigenvalue weighted by molar-refractivity contribution is -0.141. The second-order valence-electron chi connectivity index (χ2n) is 8.77. The number of carbonyl (C=O) groups is 1. The highest BCUT2D eigenvalue weighted by atomic mass is 19.4. The Balaban J connectivity index is 1.37. The van der Waals surface area contributed by atoms with Crippen molar-refractivity contribution in [3.05, 3.63) is 81.7 Å². The number of hydrogen-bond acceptors (Lipinski definition) is 5. The molecule has 0 fully saturated rings. The van der Waals surface area contributed by atoms with Crippen molar-refractivity contribution in [1.82, 2.24) is 24.2 Å². The van der Waals surface area contributed by atoms with Gasteiger partial charge >= 0.3 is 12.3 Å². The quantitative estimate of drug-likeness (QED) is 0.440. The number of amides is 1. The van der Waals surface area contributed by atoms with Crippen molar-refractivity contribution in [2.45, 2.75) is 32.2 Å². The third-order valence-corrected chi connectivity index (χ3v) is 6.42. The first-order chi connectivity index (χ1) is 17.6. The molecule has 0 saturated carbocycles. The van der Waals surface area contributed by atoms with Gasteiger partial charge in [-0.15, -0.1) is 0 Å². The summed E-state index contributed by atoms with van der Waals surface area (Å²) >= 11 is 0. The number of pyridine rings is 1. The molecule has 9 nitrogen and oxygen atoms in total. The fraction of sp³-hybridized carbons (Fsp3) is 0.280. The molecule has 4 heterocycles. The molecule has 0 radical (unpaired) electrons. The van der Waals surface area contributed by atoms with E-state index < -0.39 is 23.5 Å². The summed E-state index contributed by atoms with van der Waals surface area (Å²) < 4.78 is 46.7. The molecule has 3 aromatic heterocycles. The summed E-state index contributed by atoms with van der Waals surface area (Å²) in [6, 6.07) is 8.83. The van der Waals surface area contributed by atoms with Gasteiger partial charge in [0.1, 0.15) is 18.1 Å². The lowest BCUT2D eigenvalue weighted by atomic mass is 10.1. The van der Waals surface area contributed by atoms with Crippen molar-refractivity contribution < 1.29 is 27.8 Å². The first-order valence-corrected chi connectivity index (χ1v) is 11.4. The monoisotopic (exact) mass is 513 g/mol. The topological polar surface area (TPSA) is 102 Å². The third kappa shape index (κ3) is 4.74. The van der Waals surface area contributed by atoms with Crippen LogP contribution in [-0.2, 0) is 32.8 Å². The zero-order chi connectivity index (χ0) is 26.3. The predicted molar refractivity (Wildman–Crippen MR) is 127 cm³/mol. The number of halogens is 3. The molecule has 1 N–H and O–H groups in total. The van der Waals surface area contributed by atoms with Crippen LogP contribution in [0.2, 0.25) is 0 Å². The lowest BCUT2D eigenvalue weighted by Gasteiger charge is -2.16. The van der Waals surface area contributed by atoms with Crippen LogP contribution in [0.3, 0.4) is 0 Å². The minimum absolute atomic E-state index is 0.0789. The van der Waals surface area contributed by atoms with E-state index >= 15 is 0 Å². The molecular weight excluding hydrogens is 491 g/mol. The Hall–Kier alpha value is -4.35. The number of nitrogens with zero attached hydrogens (tertiary/aromatic N) is 5. The summed E-state index contributed by atoms with van der Waals surface area (Å²) in [5.41, 5.74) is 2.39. The standard InChI is InChI=1S/C25H22F3N5O4/c1-31-20-3-2-8-32(24(35)36)13-19(20)18-6-5-16(9-21(18)31)33-23(34)10-17(12-30-33)37-14-15-4-7-22(29-11-15)25(26,27)28/h4-7,9-12H,2-3,8,13-14H2,1H3,(H,35,36). The Kier molecular flexibility index (Phi) is 6.10. The number of benzene rings is 1. The molecule has 0 unspecified atom stereocenters. The smallest absolute Gasteiger partial charge is 0.433 e. The molecule has 1 aliphatic heterocycles. The molecule has 0 spiro atoms. The Bertz CT molecular complexity index is 1540. The van der Waals surface area contributed by atoms with Gasteiger partial charge in [0.25, 0.3) is 5.56 Å². The van der Waals surface area contributed by atoms with Crippen molar-refractivity contribution in [3.63, 3.8) is 0 Å². The number of rotatable bonds is 4. The summed E-state index contributed by atoms with van der Waals surface area (Å²) in [7, 11) is 1.92. The van der Waals surface area contributed by atoms with E-state index in [1.165, 1.54) is 27.9 Å². The van der Waals surface area contributed by atoms with Gasteiger partial charge < -0.3 is 19.3 Å². The van der Waals surface area contributed by atoms with Crippen molar-refractivity contribution in [2.24, 2.45) is 7.05 Å². The minimum Gasteiger partial charge on any atom is -0.487 e. The number of alkyl halides is 3. The van der Waals surface area contributed by atoms with Crippen LogP contribution < -0.4 is 10.3 Å². The maximum atomic E-state index is 12.8. The van der Waals surface area contributed by atoms with E-state index in [1.807, 2.05) is 23.7 Å². The summed E-state index contributed by atoms with van der Waals surface area (Å²) in [6.45, 7) is 0.706. The number of carboxylic acid groups (broad SMARTS) is 1. The van der Waals surface area contributed by atoms with E-state index in [-0.39, 0.29) is 12.4 Å². The van der Waals surface area contributed by atoms with Gasteiger partial charge in [-0.2, -0.15) is 23.0 Å². The Morgan fingerprint density at radius 2 is 1.97 bits per heavy atom. The molecule has 37 heavy (non-hydrogen) atoms. The highest BCUT2D eigenvalue weighted by molar-refractivity contribution is 5.87. The molecule has 0 bridgehead atoms. The fourth-order valence-corrected chi connectivity index (χ4v) is 4.56. The Morgan fingerprint density at radius 3 is 2.65 bits per heavy atom. The maximum Gasteiger partial charge on any atom is 0.433 e. The van der Waals surface area contributed by atoms with Crippen LogP contribution in [0.4, 0.5) is 18.0 Å².